The van der Waals surface area contributed by atoms with Gasteiger partial charge in [0.15, 0.2) is 0 Å². The topological polar surface area (TPSA) is 69.7 Å². The lowest BCUT2D eigenvalue weighted by atomic mass is 10.0. The number of nitrogens with one attached hydrogen (secondary N) is 1. The first-order valence-electron chi connectivity index (χ1n) is 8.01. The number of benzene rings is 1. The highest BCUT2D eigenvalue weighted by Gasteiger charge is 2.31. The second-order valence-corrected chi connectivity index (χ2v) is 8.23. The van der Waals surface area contributed by atoms with E-state index in [9.17, 15) is 13.2 Å². The normalized spacial score (nSPS) is 20.6. The summed E-state index contributed by atoms with van der Waals surface area (Å²) in [4.78, 5) is 13.8. The number of hydrogen-bond acceptors (Lipinski definition) is 4. The molecule has 1 unspecified atom stereocenters. The van der Waals surface area contributed by atoms with E-state index in [2.05, 4.69) is 5.32 Å². The average molecular weight is 374 g/mol. The van der Waals surface area contributed by atoms with Crippen molar-refractivity contribution in [3.05, 3.63) is 23.8 Å². The van der Waals surface area contributed by atoms with Gasteiger partial charge in [-0.3, -0.25) is 4.79 Å². The lowest BCUT2D eigenvalue weighted by Crippen LogP contribution is -2.38. The molecule has 3 rings (SSSR count). The van der Waals surface area contributed by atoms with Crippen LogP contribution in [-0.2, 0) is 21.2 Å². The molecule has 0 bridgehead atoms. The number of amides is 1. The predicted octanol–water partition coefficient (Wildman–Crippen LogP) is 1.39. The molecule has 1 amide bonds. The molecule has 2 aliphatic rings. The highest BCUT2D eigenvalue weighted by Crippen LogP contribution is 2.31. The molecular weight excluding hydrogens is 350 g/mol. The Kier molecular flexibility index (Phi) is 5.91. The molecule has 1 aromatic carbocycles. The van der Waals surface area contributed by atoms with Crippen LogP contribution >= 0.6 is 12.4 Å². The molecular formula is C16H24ClN3O3S. The zero-order valence-corrected chi connectivity index (χ0v) is 15.6. The molecule has 6 nitrogen and oxygen atoms in total. The average Bonchev–Trinajstić information content (AvgIpc) is 3.07. The summed E-state index contributed by atoms with van der Waals surface area (Å²) in [6, 6.07) is 5.15. The summed E-state index contributed by atoms with van der Waals surface area (Å²) in [5, 5.41) is 3.19. The molecule has 0 aliphatic carbocycles. The summed E-state index contributed by atoms with van der Waals surface area (Å²) in [6.45, 7) is 3.69. The van der Waals surface area contributed by atoms with E-state index in [1.165, 1.54) is 11.2 Å². The molecule has 2 heterocycles. The zero-order valence-electron chi connectivity index (χ0n) is 14.0. The van der Waals surface area contributed by atoms with Crippen molar-refractivity contribution < 1.29 is 13.2 Å². The molecule has 1 fully saturated rings. The minimum Gasteiger partial charge on any atom is -0.315 e. The molecule has 0 radical (unpaired) electrons. The maximum Gasteiger partial charge on any atom is 0.243 e. The number of carbonyl (C=O) groups is 1. The largest absolute Gasteiger partial charge is 0.315 e. The second kappa shape index (κ2) is 7.39. The van der Waals surface area contributed by atoms with Gasteiger partial charge in [0.05, 0.1) is 4.90 Å². The van der Waals surface area contributed by atoms with Gasteiger partial charge in [0, 0.05) is 38.8 Å². The lowest BCUT2D eigenvalue weighted by Gasteiger charge is -2.30. The fourth-order valence-corrected chi connectivity index (χ4v) is 4.76. The van der Waals surface area contributed by atoms with Gasteiger partial charge >= 0.3 is 0 Å². The summed E-state index contributed by atoms with van der Waals surface area (Å²) >= 11 is 0. The van der Waals surface area contributed by atoms with Crippen molar-refractivity contribution in [3.63, 3.8) is 0 Å². The van der Waals surface area contributed by atoms with Gasteiger partial charge in [-0.15, -0.1) is 12.4 Å². The number of rotatable bonds is 3. The summed E-state index contributed by atoms with van der Waals surface area (Å²) in [5.41, 5.74) is 1.78. The Labute approximate surface area is 149 Å². The van der Waals surface area contributed by atoms with E-state index in [1.807, 2.05) is 6.07 Å². The standard InChI is InChI=1S/C16H23N3O3S.ClH/c1-12(20)19-9-3-4-13-5-6-15(10-16(13)19)23(21,22)18(2)14-7-8-17-11-14;/h5-6,10,14,17H,3-4,7-9,11H2,1-2H3;1H. The van der Waals surface area contributed by atoms with Crippen LogP contribution in [0.2, 0.25) is 0 Å². The summed E-state index contributed by atoms with van der Waals surface area (Å²) in [5.74, 6) is -0.0474. The van der Waals surface area contributed by atoms with Gasteiger partial charge in [-0.25, -0.2) is 8.42 Å². The molecule has 1 N–H and O–H groups in total. The van der Waals surface area contributed by atoms with Gasteiger partial charge in [0.1, 0.15) is 0 Å². The quantitative estimate of drug-likeness (QED) is 0.869. The monoisotopic (exact) mass is 373 g/mol. The van der Waals surface area contributed by atoms with Gasteiger partial charge in [-0.2, -0.15) is 4.31 Å². The molecule has 8 heteroatoms. The number of likely N-dealkylation sites (N-methyl/N-ethyl adjacent to an activating group) is 1. The van der Waals surface area contributed by atoms with E-state index >= 15 is 0 Å². The minimum atomic E-state index is -3.55. The first-order chi connectivity index (χ1) is 10.9. The Morgan fingerprint density at radius 1 is 1.38 bits per heavy atom. The van der Waals surface area contributed by atoms with Crippen LogP contribution in [0.3, 0.4) is 0 Å². The van der Waals surface area contributed by atoms with Gasteiger partial charge in [-0.1, -0.05) is 6.07 Å². The van der Waals surface area contributed by atoms with Crippen LogP contribution < -0.4 is 10.2 Å². The molecule has 0 spiro atoms. The van der Waals surface area contributed by atoms with E-state index in [1.54, 1.807) is 24.1 Å². The number of anilines is 1. The third-order valence-corrected chi connectivity index (χ3v) is 6.69. The van der Waals surface area contributed by atoms with Crippen molar-refractivity contribution in [2.75, 3.05) is 31.6 Å². The molecule has 0 saturated carbocycles. The summed E-state index contributed by atoms with van der Waals surface area (Å²) < 4.78 is 27.2. The molecule has 0 aromatic heterocycles. The summed E-state index contributed by atoms with van der Waals surface area (Å²) in [6.07, 6.45) is 2.61. The molecule has 1 aromatic rings. The highest BCUT2D eigenvalue weighted by molar-refractivity contribution is 7.89. The lowest BCUT2D eigenvalue weighted by molar-refractivity contribution is -0.116. The predicted molar refractivity (Wildman–Crippen MR) is 96.3 cm³/mol. The van der Waals surface area contributed by atoms with E-state index in [0.717, 1.165) is 37.1 Å². The fourth-order valence-electron chi connectivity index (χ4n) is 3.35. The van der Waals surface area contributed by atoms with E-state index < -0.39 is 10.0 Å². The highest BCUT2D eigenvalue weighted by atomic mass is 35.5. The second-order valence-electron chi connectivity index (χ2n) is 6.23. The number of hydrogen-bond donors (Lipinski definition) is 1. The van der Waals surface area contributed by atoms with E-state index in [0.29, 0.717) is 13.1 Å². The number of carbonyl (C=O) groups excluding carboxylic acids is 1. The van der Waals surface area contributed by atoms with Crippen LogP contribution in [0.5, 0.6) is 0 Å². The van der Waals surface area contributed by atoms with Crippen LogP contribution in [0, 0.1) is 0 Å². The van der Waals surface area contributed by atoms with Crippen molar-refractivity contribution in [1.29, 1.82) is 0 Å². The maximum atomic E-state index is 12.9. The first-order valence-corrected chi connectivity index (χ1v) is 9.45. The maximum absolute atomic E-state index is 12.9. The Morgan fingerprint density at radius 3 is 2.75 bits per heavy atom. The number of nitrogens with zero attached hydrogens (tertiary/aromatic N) is 2. The number of sulfonamides is 1. The SMILES string of the molecule is CC(=O)N1CCCc2ccc(S(=O)(=O)N(C)C3CCNC3)cc21.Cl. The molecule has 1 atom stereocenters. The zero-order chi connectivity index (χ0) is 16.6. The van der Waals surface area contributed by atoms with Crippen molar-refractivity contribution in [2.24, 2.45) is 0 Å². The van der Waals surface area contributed by atoms with Gasteiger partial charge in [0.25, 0.3) is 0 Å². The van der Waals surface area contributed by atoms with Crippen LogP contribution in [0.1, 0.15) is 25.3 Å². The van der Waals surface area contributed by atoms with E-state index in [-0.39, 0.29) is 29.3 Å². The van der Waals surface area contributed by atoms with Crippen molar-refractivity contribution in [1.82, 2.24) is 9.62 Å². The Hall–Kier alpha value is -1.15. The van der Waals surface area contributed by atoms with Crippen molar-refractivity contribution in [2.45, 2.75) is 37.1 Å². The van der Waals surface area contributed by atoms with Gasteiger partial charge < -0.3 is 10.2 Å². The van der Waals surface area contributed by atoms with Crippen LogP contribution in [0.4, 0.5) is 5.69 Å². The smallest absolute Gasteiger partial charge is 0.243 e. The Bertz CT molecular complexity index is 717. The molecule has 134 valence electrons. The molecule has 1 saturated heterocycles. The third-order valence-electron chi connectivity index (χ3n) is 4.78. The van der Waals surface area contributed by atoms with Crippen molar-refractivity contribution in [3.8, 4) is 0 Å². The number of fused-ring (bicyclic) bond motifs is 1. The summed E-state index contributed by atoms with van der Waals surface area (Å²) in [7, 11) is -1.92. The fraction of sp³-hybridized carbons (Fsp3) is 0.562. The van der Waals surface area contributed by atoms with Gasteiger partial charge in [0.2, 0.25) is 15.9 Å². The third kappa shape index (κ3) is 3.44. The number of halogens is 1. The van der Waals surface area contributed by atoms with E-state index in [4.69, 9.17) is 0 Å². The van der Waals surface area contributed by atoms with Crippen molar-refractivity contribution >= 4 is 34.0 Å². The minimum absolute atomic E-state index is 0. The first kappa shape index (κ1) is 19.2. The molecule has 2 aliphatic heterocycles. The Morgan fingerprint density at radius 2 is 2.12 bits per heavy atom. The van der Waals surface area contributed by atoms with Gasteiger partial charge in [-0.05, 0) is 43.5 Å². The van der Waals surface area contributed by atoms with Crippen LogP contribution in [0.15, 0.2) is 23.1 Å². The Balaban J connectivity index is 0.00000208. The number of aryl methyl sites for hydroxylation is 1. The van der Waals surface area contributed by atoms with Crippen LogP contribution in [0.25, 0.3) is 0 Å². The molecule has 24 heavy (non-hydrogen) atoms. The van der Waals surface area contributed by atoms with Crippen LogP contribution in [-0.4, -0.2) is 51.4 Å².